The molecule has 1 aliphatic heterocycles. The van der Waals surface area contributed by atoms with Gasteiger partial charge >= 0.3 is 6.03 Å². The molecule has 7 N–H and O–H groups in total. The first kappa shape index (κ1) is 19.6. The lowest BCUT2D eigenvalue weighted by Gasteiger charge is -2.46. The Morgan fingerprint density at radius 1 is 1.37 bits per heavy atom. The van der Waals surface area contributed by atoms with E-state index in [0.717, 1.165) is 0 Å². The Morgan fingerprint density at radius 3 is 2.59 bits per heavy atom. The van der Waals surface area contributed by atoms with Gasteiger partial charge < -0.3 is 36.4 Å². The van der Waals surface area contributed by atoms with Crippen LogP contribution < -0.4 is 16.0 Å². The van der Waals surface area contributed by atoms with Gasteiger partial charge in [0.25, 0.3) is 0 Å². The summed E-state index contributed by atoms with van der Waals surface area (Å²) >= 11 is 0. The van der Waals surface area contributed by atoms with Crippen molar-refractivity contribution < 1.29 is 30.0 Å². The van der Waals surface area contributed by atoms with Gasteiger partial charge in [0.2, 0.25) is 0 Å². The van der Waals surface area contributed by atoms with Crippen LogP contribution in [-0.4, -0.2) is 73.8 Å². The van der Waals surface area contributed by atoms with Crippen LogP contribution in [0.25, 0.3) is 0 Å². The number of Topliss-reactive ketones (excluding diaryl/α,β-unsaturated/α-hetero) is 1. The van der Waals surface area contributed by atoms with Crippen LogP contribution in [0.5, 0.6) is 0 Å². The minimum Gasteiger partial charge on any atom is -0.393 e. The molecule has 1 aromatic carbocycles. The predicted octanol–water partition coefficient (Wildman–Crippen LogP) is -1.04. The molecule has 6 atom stereocenters. The highest BCUT2D eigenvalue weighted by Gasteiger charge is 2.78. The van der Waals surface area contributed by atoms with Crippen molar-refractivity contribution in [2.24, 2.45) is 0 Å². The number of hydrogen-bond donors (Lipinski definition) is 7. The number of benzene rings is 1. The minimum absolute atomic E-state index is 0.149. The maximum atomic E-state index is 12.0. The van der Waals surface area contributed by atoms with Gasteiger partial charge in [-0.15, -0.1) is 0 Å². The second-order valence-corrected chi connectivity index (χ2v) is 7.53. The topological polar surface area (TPSA) is 151 Å². The number of ketones is 1. The summed E-state index contributed by atoms with van der Waals surface area (Å²) in [4.78, 5) is 23.7. The van der Waals surface area contributed by atoms with Crippen LogP contribution in [0, 0.1) is 0 Å². The van der Waals surface area contributed by atoms with Gasteiger partial charge in [-0.2, -0.15) is 0 Å². The molecule has 1 heterocycles. The van der Waals surface area contributed by atoms with E-state index in [1.54, 1.807) is 24.3 Å². The lowest BCUT2D eigenvalue weighted by atomic mass is 9.74. The van der Waals surface area contributed by atoms with Crippen LogP contribution in [-0.2, 0) is 0 Å². The molecule has 1 saturated heterocycles. The van der Waals surface area contributed by atoms with E-state index < -0.39 is 47.6 Å². The van der Waals surface area contributed by atoms with Gasteiger partial charge in [0.1, 0.15) is 16.7 Å². The molecular formula is C18H25N3O6. The average molecular weight is 379 g/mol. The minimum atomic E-state index is -2.11. The van der Waals surface area contributed by atoms with E-state index in [-0.39, 0.29) is 5.78 Å². The van der Waals surface area contributed by atoms with Crippen molar-refractivity contribution in [1.29, 1.82) is 0 Å². The van der Waals surface area contributed by atoms with Crippen LogP contribution in [0.15, 0.2) is 24.3 Å². The van der Waals surface area contributed by atoms with Crippen molar-refractivity contribution >= 4 is 17.5 Å². The normalized spacial score (nSPS) is 38.7. The smallest absolute Gasteiger partial charge is 0.315 e. The van der Waals surface area contributed by atoms with E-state index in [2.05, 4.69) is 16.0 Å². The summed E-state index contributed by atoms with van der Waals surface area (Å²) in [5.41, 5.74) is -4.94. The molecule has 1 aliphatic carbocycles. The third-order valence-corrected chi connectivity index (χ3v) is 6.09. The zero-order valence-corrected chi connectivity index (χ0v) is 15.4. The van der Waals surface area contributed by atoms with E-state index >= 15 is 0 Å². The largest absolute Gasteiger partial charge is 0.393 e. The fourth-order valence-electron chi connectivity index (χ4n) is 4.50. The molecule has 9 heteroatoms. The van der Waals surface area contributed by atoms with Crippen molar-refractivity contribution in [1.82, 2.24) is 10.6 Å². The van der Waals surface area contributed by atoms with Crippen LogP contribution in [0.4, 0.5) is 10.5 Å². The lowest BCUT2D eigenvalue weighted by Crippen LogP contribution is -2.72. The van der Waals surface area contributed by atoms with Gasteiger partial charge in [-0.1, -0.05) is 12.1 Å². The van der Waals surface area contributed by atoms with Gasteiger partial charge in [0.05, 0.1) is 24.8 Å². The van der Waals surface area contributed by atoms with E-state index in [9.17, 15) is 30.0 Å². The van der Waals surface area contributed by atoms with Crippen molar-refractivity contribution in [3.63, 3.8) is 0 Å². The molecule has 3 rings (SSSR count). The first-order valence-corrected chi connectivity index (χ1v) is 8.71. The molecule has 1 saturated carbocycles. The Labute approximate surface area is 156 Å². The van der Waals surface area contributed by atoms with Crippen LogP contribution in [0.3, 0.4) is 0 Å². The Hall–Kier alpha value is -2.20. The third-order valence-electron chi connectivity index (χ3n) is 6.09. The fourth-order valence-corrected chi connectivity index (χ4v) is 4.50. The Bertz CT molecular complexity index is 782. The van der Waals surface area contributed by atoms with Crippen LogP contribution >= 0.6 is 0 Å². The first-order chi connectivity index (χ1) is 12.5. The number of carbonyl (C=O) groups is 2. The molecule has 2 amide bonds. The monoisotopic (exact) mass is 379 g/mol. The molecule has 9 nitrogen and oxygen atoms in total. The summed E-state index contributed by atoms with van der Waals surface area (Å²) in [5, 5.41) is 50.9. The zero-order chi connectivity index (χ0) is 20.2. The van der Waals surface area contributed by atoms with Gasteiger partial charge in [-0.3, -0.25) is 4.79 Å². The van der Waals surface area contributed by atoms with Crippen molar-refractivity contribution in [3.8, 4) is 0 Å². The quantitative estimate of drug-likeness (QED) is 0.323. The summed E-state index contributed by atoms with van der Waals surface area (Å²) in [6.45, 7) is 3.25. The highest BCUT2D eigenvalue weighted by molar-refractivity contribution is 5.95. The summed E-state index contributed by atoms with van der Waals surface area (Å²) in [6.07, 6.45) is -1.25. The van der Waals surface area contributed by atoms with Crippen molar-refractivity contribution in [2.45, 2.75) is 55.7 Å². The van der Waals surface area contributed by atoms with E-state index in [1.807, 2.05) is 0 Å². The third kappa shape index (κ3) is 2.46. The Morgan fingerprint density at radius 2 is 2.04 bits per heavy atom. The molecule has 0 radical (unpaired) electrons. The molecule has 0 unspecified atom stereocenters. The predicted molar refractivity (Wildman–Crippen MR) is 96.4 cm³/mol. The van der Waals surface area contributed by atoms with Gasteiger partial charge in [0, 0.05) is 11.3 Å². The SMILES string of the molecule is CC(=O)c1cccc(N[C@H]2[C@@H]3NC(=O)N[C@]3([C@H](C)O)[C@@](C)(O)[C@@]2(O)CO)c1. The van der Waals surface area contributed by atoms with E-state index in [1.165, 1.54) is 20.8 Å². The summed E-state index contributed by atoms with van der Waals surface area (Å²) in [5.74, 6) is -0.149. The number of aliphatic hydroxyl groups excluding tert-OH is 2. The molecule has 0 spiro atoms. The number of rotatable bonds is 5. The second kappa shape index (κ2) is 6.16. The summed E-state index contributed by atoms with van der Waals surface area (Å²) in [6, 6.07) is 3.90. The Kier molecular flexibility index (Phi) is 4.47. The maximum Gasteiger partial charge on any atom is 0.315 e. The van der Waals surface area contributed by atoms with Gasteiger partial charge in [0.15, 0.2) is 5.78 Å². The maximum absolute atomic E-state index is 12.0. The standard InChI is InChI=1S/C18H25N3O6/c1-9(23)11-5-4-6-12(7-11)19-13-14-18(10(2)24,21-15(25)20-14)16(3,26)17(13,27)8-22/h4-7,10,13-14,19,22,24,26-27H,8H2,1-3H3,(H2,20,21,25)/t10-,13-,14-,16-,17+,18-/m0/s1. The van der Waals surface area contributed by atoms with Crippen LogP contribution in [0.1, 0.15) is 31.1 Å². The number of aliphatic hydroxyl groups is 4. The summed E-state index contributed by atoms with van der Waals surface area (Å²) in [7, 11) is 0. The molecule has 0 bridgehead atoms. The van der Waals surface area contributed by atoms with E-state index in [0.29, 0.717) is 11.3 Å². The number of urea groups is 1. The second-order valence-electron chi connectivity index (χ2n) is 7.53. The number of carbonyl (C=O) groups excluding carboxylic acids is 2. The number of anilines is 1. The van der Waals surface area contributed by atoms with Crippen molar-refractivity contribution in [2.75, 3.05) is 11.9 Å². The summed E-state index contributed by atoms with van der Waals surface area (Å²) < 4.78 is 0. The molecule has 148 valence electrons. The van der Waals surface area contributed by atoms with Gasteiger partial charge in [-0.05, 0) is 32.9 Å². The average Bonchev–Trinajstić information content (AvgIpc) is 3.02. The molecule has 27 heavy (non-hydrogen) atoms. The number of fused-ring (bicyclic) bond motifs is 1. The number of amides is 2. The molecule has 1 aromatic rings. The number of hydrogen-bond acceptors (Lipinski definition) is 7. The lowest BCUT2D eigenvalue weighted by molar-refractivity contribution is -0.183. The highest BCUT2D eigenvalue weighted by atomic mass is 16.4. The first-order valence-electron chi connectivity index (χ1n) is 8.71. The molecule has 0 aromatic heterocycles. The number of nitrogens with one attached hydrogen (secondary N) is 3. The van der Waals surface area contributed by atoms with E-state index in [4.69, 9.17) is 0 Å². The zero-order valence-electron chi connectivity index (χ0n) is 15.4. The molecular weight excluding hydrogens is 354 g/mol. The fraction of sp³-hybridized carbons (Fsp3) is 0.556. The van der Waals surface area contributed by atoms with Crippen molar-refractivity contribution in [3.05, 3.63) is 29.8 Å². The van der Waals surface area contributed by atoms with Crippen LogP contribution in [0.2, 0.25) is 0 Å². The molecule has 2 fully saturated rings. The van der Waals surface area contributed by atoms with Gasteiger partial charge in [-0.25, -0.2) is 4.79 Å². The Balaban J connectivity index is 2.09. The highest BCUT2D eigenvalue weighted by Crippen LogP contribution is 2.50. The molecule has 2 aliphatic rings.